The zero-order valence-electron chi connectivity index (χ0n) is 11.8. The summed E-state index contributed by atoms with van der Waals surface area (Å²) in [7, 11) is 1.63. The van der Waals surface area contributed by atoms with Crippen LogP contribution in [-0.2, 0) is 0 Å². The molecule has 0 aliphatic heterocycles. The van der Waals surface area contributed by atoms with Crippen molar-refractivity contribution in [1.82, 2.24) is 0 Å². The zero-order chi connectivity index (χ0) is 14.7. The van der Waals surface area contributed by atoms with Gasteiger partial charge in [0.25, 0.3) is 0 Å². The quantitative estimate of drug-likeness (QED) is 0.889. The Hall–Kier alpha value is -1.52. The second kappa shape index (κ2) is 6.29. The van der Waals surface area contributed by atoms with Crippen molar-refractivity contribution < 1.29 is 9.47 Å². The van der Waals surface area contributed by atoms with Gasteiger partial charge in [-0.15, -0.1) is 0 Å². The monoisotopic (exact) mass is 335 g/mol. The minimum absolute atomic E-state index is 0.170. The van der Waals surface area contributed by atoms with Gasteiger partial charge in [-0.25, -0.2) is 0 Å². The molecule has 0 spiro atoms. The molecule has 1 atom stereocenters. The van der Waals surface area contributed by atoms with Crippen LogP contribution in [0.2, 0.25) is 0 Å². The first kappa shape index (κ1) is 14.9. The van der Waals surface area contributed by atoms with Crippen LogP contribution in [0.1, 0.15) is 24.1 Å². The highest BCUT2D eigenvalue weighted by Gasteiger charge is 2.15. The molecule has 4 heteroatoms. The molecule has 0 fully saturated rings. The predicted molar refractivity (Wildman–Crippen MR) is 84.5 cm³/mol. The minimum Gasteiger partial charge on any atom is -0.496 e. The molecule has 0 saturated carbocycles. The summed E-state index contributed by atoms with van der Waals surface area (Å²) in [5.74, 6) is 2.28. The number of benzene rings is 2. The molecule has 0 aromatic heterocycles. The third-order valence-corrected chi connectivity index (χ3v) is 3.55. The van der Waals surface area contributed by atoms with Crippen LogP contribution in [0.15, 0.2) is 40.9 Å². The SMILES string of the molecule is COc1cccc(Oc2ccc(Br)cc2C)c1[C@@H](C)N. The first-order valence-electron chi connectivity index (χ1n) is 6.39. The lowest BCUT2D eigenvalue weighted by molar-refractivity contribution is 0.397. The van der Waals surface area contributed by atoms with Crippen LogP contribution in [0, 0.1) is 6.92 Å². The van der Waals surface area contributed by atoms with E-state index < -0.39 is 0 Å². The molecule has 3 nitrogen and oxygen atoms in total. The van der Waals surface area contributed by atoms with E-state index in [4.69, 9.17) is 15.2 Å². The van der Waals surface area contributed by atoms with E-state index in [0.29, 0.717) is 0 Å². The number of ether oxygens (including phenoxy) is 2. The van der Waals surface area contributed by atoms with Gasteiger partial charge in [-0.2, -0.15) is 0 Å². The molecule has 20 heavy (non-hydrogen) atoms. The highest BCUT2D eigenvalue weighted by atomic mass is 79.9. The van der Waals surface area contributed by atoms with Crippen LogP contribution in [-0.4, -0.2) is 7.11 Å². The van der Waals surface area contributed by atoms with Crippen molar-refractivity contribution >= 4 is 15.9 Å². The summed E-state index contributed by atoms with van der Waals surface area (Å²) in [5, 5.41) is 0. The summed E-state index contributed by atoms with van der Waals surface area (Å²) in [6.07, 6.45) is 0. The van der Waals surface area contributed by atoms with Gasteiger partial charge in [-0.3, -0.25) is 0 Å². The van der Waals surface area contributed by atoms with E-state index in [2.05, 4.69) is 15.9 Å². The second-order valence-corrected chi connectivity index (χ2v) is 5.59. The zero-order valence-corrected chi connectivity index (χ0v) is 13.4. The number of hydrogen-bond acceptors (Lipinski definition) is 3. The van der Waals surface area contributed by atoms with Crippen molar-refractivity contribution in [3.05, 3.63) is 52.0 Å². The fourth-order valence-electron chi connectivity index (χ4n) is 2.09. The molecule has 0 heterocycles. The van der Waals surface area contributed by atoms with Crippen molar-refractivity contribution in [3.8, 4) is 17.2 Å². The molecule has 0 unspecified atom stereocenters. The maximum atomic E-state index is 6.04. The Balaban J connectivity index is 2.43. The summed E-state index contributed by atoms with van der Waals surface area (Å²) in [6.45, 7) is 3.92. The lowest BCUT2D eigenvalue weighted by atomic mass is 10.1. The van der Waals surface area contributed by atoms with Gasteiger partial charge in [0, 0.05) is 10.5 Å². The number of halogens is 1. The molecule has 2 N–H and O–H groups in total. The average Bonchev–Trinajstić information content (AvgIpc) is 2.41. The molecule has 0 aliphatic carbocycles. The first-order valence-corrected chi connectivity index (χ1v) is 7.18. The number of nitrogens with two attached hydrogens (primary N) is 1. The maximum Gasteiger partial charge on any atom is 0.135 e. The van der Waals surface area contributed by atoms with E-state index in [9.17, 15) is 0 Å². The second-order valence-electron chi connectivity index (χ2n) is 4.67. The van der Waals surface area contributed by atoms with Gasteiger partial charge >= 0.3 is 0 Å². The van der Waals surface area contributed by atoms with Gasteiger partial charge in [0.15, 0.2) is 0 Å². The maximum absolute atomic E-state index is 6.04. The van der Waals surface area contributed by atoms with Gasteiger partial charge in [0.05, 0.1) is 12.7 Å². The smallest absolute Gasteiger partial charge is 0.135 e. The number of rotatable bonds is 4. The topological polar surface area (TPSA) is 44.5 Å². The first-order chi connectivity index (χ1) is 9.52. The highest BCUT2D eigenvalue weighted by Crippen LogP contribution is 2.36. The molecular formula is C16H18BrNO2. The van der Waals surface area contributed by atoms with E-state index in [1.165, 1.54) is 0 Å². The molecule has 2 aromatic rings. The molecule has 0 bridgehead atoms. The van der Waals surface area contributed by atoms with Crippen LogP contribution in [0.25, 0.3) is 0 Å². The van der Waals surface area contributed by atoms with Crippen molar-refractivity contribution in [3.63, 3.8) is 0 Å². The fraction of sp³-hybridized carbons (Fsp3) is 0.250. The summed E-state index contributed by atoms with van der Waals surface area (Å²) in [4.78, 5) is 0. The lowest BCUT2D eigenvalue weighted by Gasteiger charge is -2.18. The summed E-state index contributed by atoms with van der Waals surface area (Å²) in [5.41, 5.74) is 7.97. The molecule has 0 saturated heterocycles. The van der Waals surface area contributed by atoms with Gasteiger partial charge in [-0.05, 0) is 49.7 Å². The van der Waals surface area contributed by atoms with Gasteiger partial charge < -0.3 is 15.2 Å². The van der Waals surface area contributed by atoms with Crippen molar-refractivity contribution in [2.24, 2.45) is 5.73 Å². The summed E-state index contributed by atoms with van der Waals surface area (Å²) in [6, 6.07) is 11.4. The molecule has 0 aliphatic rings. The van der Waals surface area contributed by atoms with Crippen LogP contribution in [0.3, 0.4) is 0 Å². The minimum atomic E-state index is -0.170. The van der Waals surface area contributed by atoms with Gasteiger partial charge in [0.2, 0.25) is 0 Å². The van der Waals surface area contributed by atoms with E-state index in [0.717, 1.165) is 32.8 Å². The molecule has 2 aromatic carbocycles. The van der Waals surface area contributed by atoms with Crippen LogP contribution >= 0.6 is 15.9 Å². The van der Waals surface area contributed by atoms with Crippen molar-refractivity contribution in [1.29, 1.82) is 0 Å². The van der Waals surface area contributed by atoms with Crippen LogP contribution < -0.4 is 15.2 Å². The van der Waals surface area contributed by atoms with Gasteiger partial charge in [-0.1, -0.05) is 22.0 Å². The molecule has 2 rings (SSSR count). The summed E-state index contributed by atoms with van der Waals surface area (Å²) < 4.78 is 12.4. The predicted octanol–water partition coefficient (Wildman–Crippen LogP) is 4.58. The number of methoxy groups -OCH3 is 1. The Morgan fingerprint density at radius 2 is 1.80 bits per heavy atom. The molecule has 0 amide bonds. The van der Waals surface area contributed by atoms with Crippen molar-refractivity contribution in [2.75, 3.05) is 7.11 Å². The normalized spacial score (nSPS) is 12.1. The van der Waals surface area contributed by atoms with E-state index in [1.54, 1.807) is 7.11 Å². The molecular weight excluding hydrogens is 318 g/mol. The highest BCUT2D eigenvalue weighted by molar-refractivity contribution is 9.10. The number of aryl methyl sites for hydroxylation is 1. The van der Waals surface area contributed by atoms with Gasteiger partial charge in [0.1, 0.15) is 17.2 Å². The third-order valence-electron chi connectivity index (χ3n) is 3.06. The largest absolute Gasteiger partial charge is 0.496 e. The van der Waals surface area contributed by atoms with Crippen molar-refractivity contribution in [2.45, 2.75) is 19.9 Å². The van der Waals surface area contributed by atoms with E-state index in [1.807, 2.05) is 50.2 Å². The Morgan fingerprint density at radius 3 is 2.40 bits per heavy atom. The Labute approximate surface area is 127 Å². The van der Waals surface area contributed by atoms with E-state index in [-0.39, 0.29) is 6.04 Å². The Morgan fingerprint density at radius 1 is 1.10 bits per heavy atom. The Kier molecular flexibility index (Phi) is 4.68. The average molecular weight is 336 g/mol. The standard InChI is InChI=1S/C16H18BrNO2/c1-10-9-12(17)7-8-13(10)20-15-6-4-5-14(19-3)16(15)11(2)18/h4-9,11H,18H2,1-3H3/t11-/m1/s1. The molecule has 0 radical (unpaired) electrons. The Bertz CT molecular complexity index is 611. The lowest BCUT2D eigenvalue weighted by Crippen LogP contribution is -2.08. The van der Waals surface area contributed by atoms with Crippen LogP contribution in [0.5, 0.6) is 17.2 Å². The van der Waals surface area contributed by atoms with E-state index >= 15 is 0 Å². The number of hydrogen-bond donors (Lipinski definition) is 1. The molecule has 106 valence electrons. The summed E-state index contributed by atoms with van der Waals surface area (Å²) >= 11 is 3.45. The fourth-order valence-corrected chi connectivity index (χ4v) is 2.56. The third kappa shape index (κ3) is 3.14. The van der Waals surface area contributed by atoms with Crippen LogP contribution in [0.4, 0.5) is 0 Å².